The summed E-state index contributed by atoms with van der Waals surface area (Å²) in [6.45, 7) is 10.0. The summed E-state index contributed by atoms with van der Waals surface area (Å²) in [5.74, 6) is 2.47. The van der Waals surface area contributed by atoms with Gasteiger partial charge in [0.25, 0.3) is 0 Å². The summed E-state index contributed by atoms with van der Waals surface area (Å²) in [6.07, 6.45) is 4.47. The highest BCUT2D eigenvalue weighted by atomic mass is 16.5. The first-order chi connectivity index (χ1) is 14.9. The Hall–Kier alpha value is -1.34. The van der Waals surface area contributed by atoms with Crippen molar-refractivity contribution < 1.29 is 19.3 Å². The first-order valence-corrected chi connectivity index (χ1v) is 11.8. The van der Waals surface area contributed by atoms with Gasteiger partial charge in [0, 0.05) is 26.2 Å². The van der Waals surface area contributed by atoms with E-state index >= 15 is 0 Å². The Labute approximate surface area is 189 Å². The third-order valence-corrected chi connectivity index (χ3v) is 6.08. The number of rotatable bonds is 17. The second-order valence-electron chi connectivity index (χ2n) is 8.74. The second-order valence-corrected chi connectivity index (χ2v) is 8.74. The van der Waals surface area contributed by atoms with Crippen LogP contribution in [-0.4, -0.2) is 50.9 Å². The zero-order valence-electron chi connectivity index (χ0n) is 20.5. The molecule has 0 fully saturated rings. The molecule has 0 aromatic heterocycles. The average molecular weight is 439 g/mol. The van der Waals surface area contributed by atoms with Gasteiger partial charge in [-0.1, -0.05) is 33.8 Å². The number of aliphatic hydroxyl groups is 1. The molecule has 0 aliphatic carbocycles. The predicted octanol–water partition coefficient (Wildman–Crippen LogP) is 4.13. The van der Waals surface area contributed by atoms with Gasteiger partial charge in [0.05, 0.1) is 26.0 Å². The van der Waals surface area contributed by atoms with Gasteiger partial charge in [-0.25, -0.2) is 0 Å². The van der Waals surface area contributed by atoms with Crippen LogP contribution in [0.15, 0.2) is 18.2 Å². The second kappa shape index (κ2) is 15.5. The van der Waals surface area contributed by atoms with Gasteiger partial charge in [-0.05, 0) is 61.6 Å². The SMILES string of the molecule is CCC(CC)N[C@H](N)[C@@H](O)CC[C@@H](Cc1ccc(OC)c(OCCCOC)c1)C(C)C. The molecular weight excluding hydrogens is 392 g/mol. The lowest BCUT2D eigenvalue weighted by molar-refractivity contribution is 0.102. The van der Waals surface area contributed by atoms with E-state index in [1.807, 2.05) is 6.07 Å². The van der Waals surface area contributed by atoms with Gasteiger partial charge in [-0.3, -0.25) is 5.32 Å². The molecule has 1 aromatic rings. The third kappa shape index (κ3) is 10.2. The summed E-state index contributed by atoms with van der Waals surface area (Å²) in [7, 11) is 3.35. The summed E-state index contributed by atoms with van der Waals surface area (Å²) >= 11 is 0. The normalized spacial score (nSPS) is 14.6. The fraction of sp³-hybridized carbons (Fsp3) is 0.760. The molecule has 0 spiro atoms. The van der Waals surface area contributed by atoms with Crippen molar-refractivity contribution in [2.24, 2.45) is 17.6 Å². The van der Waals surface area contributed by atoms with Crippen LogP contribution in [0.2, 0.25) is 0 Å². The molecule has 0 aliphatic heterocycles. The van der Waals surface area contributed by atoms with Crippen molar-refractivity contribution in [3.05, 3.63) is 23.8 Å². The summed E-state index contributed by atoms with van der Waals surface area (Å²) in [6, 6.07) is 6.51. The average Bonchev–Trinajstić information content (AvgIpc) is 2.77. The van der Waals surface area contributed by atoms with Crippen molar-refractivity contribution >= 4 is 0 Å². The van der Waals surface area contributed by atoms with Gasteiger partial charge in [0.1, 0.15) is 0 Å². The van der Waals surface area contributed by atoms with E-state index < -0.39 is 6.10 Å². The van der Waals surface area contributed by atoms with Crippen molar-refractivity contribution in [1.82, 2.24) is 5.32 Å². The molecule has 0 amide bonds. The van der Waals surface area contributed by atoms with Gasteiger partial charge in [-0.2, -0.15) is 0 Å². The lowest BCUT2D eigenvalue weighted by Gasteiger charge is -2.27. The van der Waals surface area contributed by atoms with Gasteiger partial charge in [-0.15, -0.1) is 0 Å². The lowest BCUT2D eigenvalue weighted by atomic mass is 9.84. The molecule has 4 N–H and O–H groups in total. The molecule has 180 valence electrons. The molecule has 1 aromatic carbocycles. The molecule has 31 heavy (non-hydrogen) atoms. The van der Waals surface area contributed by atoms with Crippen LogP contribution < -0.4 is 20.5 Å². The van der Waals surface area contributed by atoms with Crippen LogP contribution in [0, 0.1) is 11.8 Å². The number of methoxy groups -OCH3 is 2. The zero-order valence-corrected chi connectivity index (χ0v) is 20.5. The van der Waals surface area contributed by atoms with Crippen molar-refractivity contribution in [3.8, 4) is 11.5 Å². The Bertz CT molecular complexity index is 593. The van der Waals surface area contributed by atoms with E-state index in [-0.39, 0.29) is 6.17 Å². The number of aliphatic hydroxyl groups excluding tert-OH is 1. The zero-order chi connectivity index (χ0) is 23.2. The smallest absolute Gasteiger partial charge is 0.161 e. The van der Waals surface area contributed by atoms with E-state index in [4.69, 9.17) is 19.9 Å². The van der Waals surface area contributed by atoms with E-state index in [1.54, 1.807) is 14.2 Å². The predicted molar refractivity (Wildman–Crippen MR) is 128 cm³/mol. The van der Waals surface area contributed by atoms with Gasteiger partial charge >= 0.3 is 0 Å². The van der Waals surface area contributed by atoms with Crippen molar-refractivity contribution in [1.29, 1.82) is 0 Å². The molecule has 0 bridgehead atoms. The Balaban J connectivity index is 2.71. The first kappa shape index (κ1) is 27.7. The molecule has 0 saturated heterocycles. The fourth-order valence-electron chi connectivity index (χ4n) is 3.79. The number of hydrogen-bond acceptors (Lipinski definition) is 6. The van der Waals surface area contributed by atoms with Crippen LogP contribution in [0.5, 0.6) is 11.5 Å². The highest BCUT2D eigenvalue weighted by Crippen LogP contribution is 2.31. The minimum absolute atomic E-state index is 0.354. The first-order valence-electron chi connectivity index (χ1n) is 11.8. The Morgan fingerprint density at radius 2 is 1.74 bits per heavy atom. The van der Waals surface area contributed by atoms with Crippen molar-refractivity contribution in [3.63, 3.8) is 0 Å². The molecule has 6 nitrogen and oxygen atoms in total. The van der Waals surface area contributed by atoms with Crippen molar-refractivity contribution in [2.75, 3.05) is 27.4 Å². The van der Waals surface area contributed by atoms with Crippen LogP contribution >= 0.6 is 0 Å². The molecular formula is C25H46N2O4. The summed E-state index contributed by atoms with van der Waals surface area (Å²) < 4.78 is 16.5. The topological polar surface area (TPSA) is 86.0 Å². The van der Waals surface area contributed by atoms with Crippen LogP contribution in [0.25, 0.3) is 0 Å². The molecule has 0 radical (unpaired) electrons. The van der Waals surface area contributed by atoms with Crippen LogP contribution in [-0.2, 0) is 11.2 Å². The molecule has 1 rings (SSSR count). The maximum atomic E-state index is 10.6. The van der Waals surface area contributed by atoms with Crippen molar-refractivity contribution in [2.45, 2.75) is 84.5 Å². The minimum atomic E-state index is -0.544. The van der Waals surface area contributed by atoms with E-state index in [0.29, 0.717) is 37.5 Å². The maximum Gasteiger partial charge on any atom is 0.161 e. The number of ether oxygens (including phenoxy) is 3. The number of nitrogens with one attached hydrogen (secondary N) is 1. The molecule has 0 aliphatic rings. The third-order valence-electron chi connectivity index (χ3n) is 6.08. The van der Waals surface area contributed by atoms with E-state index in [9.17, 15) is 5.11 Å². The van der Waals surface area contributed by atoms with Gasteiger partial charge in [0.15, 0.2) is 11.5 Å². The van der Waals surface area contributed by atoms with E-state index in [0.717, 1.165) is 43.6 Å². The van der Waals surface area contributed by atoms with Gasteiger partial charge < -0.3 is 25.1 Å². The van der Waals surface area contributed by atoms with Crippen LogP contribution in [0.3, 0.4) is 0 Å². The Kier molecular flexibility index (Phi) is 13.8. The number of hydrogen-bond donors (Lipinski definition) is 3. The summed E-state index contributed by atoms with van der Waals surface area (Å²) in [5.41, 5.74) is 7.42. The number of nitrogens with two attached hydrogens (primary N) is 1. The lowest BCUT2D eigenvalue weighted by Crippen LogP contribution is -2.51. The summed E-state index contributed by atoms with van der Waals surface area (Å²) in [5, 5.41) is 13.9. The van der Waals surface area contributed by atoms with Crippen LogP contribution in [0.1, 0.15) is 65.4 Å². The van der Waals surface area contributed by atoms with E-state index in [2.05, 4.69) is 45.1 Å². The Morgan fingerprint density at radius 1 is 1.03 bits per heavy atom. The van der Waals surface area contributed by atoms with Gasteiger partial charge in [0.2, 0.25) is 0 Å². The molecule has 6 heteroatoms. The largest absolute Gasteiger partial charge is 0.493 e. The molecule has 0 unspecified atom stereocenters. The highest BCUT2D eigenvalue weighted by Gasteiger charge is 2.21. The quantitative estimate of drug-likeness (QED) is 0.250. The minimum Gasteiger partial charge on any atom is -0.493 e. The number of benzene rings is 1. The maximum absolute atomic E-state index is 10.6. The fourth-order valence-corrected chi connectivity index (χ4v) is 3.79. The highest BCUT2D eigenvalue weighted by molar-refractivity contribution is 5.43. The monoisotopic (exact) mass is 438 g/mol. The summed E-state index contributed by atoms with van der Waals surface area (Å²) in [4.78, 5) is 0. The molecule has 0 heterocycles. The standard InChI is InChI=1S/C25H46N2O4/c1-7-21(8-2)27-25(26)22(28)12-11-20(18(3)4)16-19-10-13-23(30-6)24(17-19)31-15-9-14-29-5/h10,13,17-18,20-22,25,27-28H,7-9,11-12,14-16,26H2,1-6H3/t20-,22-,25-/m0/s1. The van der Waals surface area contributed by atoms with Crippen LogP contribution in [0.4, 0.5) is 0 Å². The van der Waals surface area contributed by atoms with E-state index in [1.165, 1.54) is 5.56 Å². The Morgan fingerprint density at radius 3 is 2.32 bits per heavy atom. The molecule has 3 atom stereocenters. The molecule has 0 saturated carbocycles.